The van der Waals surface area contributed by atoms with Crippen LogP contribution < -0.4 is 5.32 Å². The highest BCUT2D eigenvalue weighted by molar-refractivity contribution is 6.80. The van der Waals surface area contributed by atoms with Crippen LogP contribution in [0.1, 0.15) is 46.0 Å². The number of imidazole rings is 1. The first-order valence-electron chi connectivity index (χ1n) is 11.3. The van der Waals surface area contributed by atoms with Crippen molar-refractivity contribution in [3.8, 4) is 0 Å². The number of carbonyl (C=O) groups excluding carboxylic acids is 1. The van der Waals surface area contributed by atoms with Crippen molar-refractivity contribution < 1.29 is 14.3 Å². The van der Waals surface area contributed by atoms with Crippen LogP contribution in [0.15, 0.2) is 25.0 Å². The summed E-state index contributed by atoms with van der Waals surface area (Å²) >= 11 is 0. The molecule has 0 bridgehead atoms. The minimum atomic E-state index is -1.61. The van der Waals surface area contributed by atoms with Gasteiger partial charge in [-0.05, 0) is 19.4 Å². The molecule has 1 amide bonds. The molecule has 8 heteroatoms. The number of rotatable bonds is 14. The average Bonchev–Trinajstić information content (AvgIpc) is 3.14. The topological polar surface area (TPSA) is 65.4 Å². The summed E-state index contributed by atoms with van der Waals surface area (Å²) in [4.78, 5) is 17.2. The van der Waals surface area contributed by atoms with Gasteiger partial charge in [0.2, 0.25) is 0 Å². The van der Waals surface area contributed by atoms with Crippen LogP contribution in [0.25, 0.3) is 0 Å². The summed E-state index contributed by atoms with van der Waals surface area (Å²) in [5, 5.41) is 3.01. The molecule has 0 saturated heterocycles. The molecule has 2 atom stereocenters. The fourth-order valence-corrected chi connectivity index (χ4v) is 8.09. The van der Waals surface area contributed by atoms with Gasteiger partial charge in [-0.25, -0.2) is 9.78 Å². The summed E-state index contributed by atoms with van der Waals surface area (Å²) in [5.41, 5.74) is -0.0217. The van der Waals surface area contributed by atoms with Crippen LogP contribution in [0.3, 0.4) is 0 Å². The molecule has 0 aliphatic heterocycles. The number of amides is 1. The molecule has 2 unspecified atom stereocenters. The van der Waals surface area contributed by atoms with E-state index < -0.39 is 16.1 Å². The van der Waals surface area contributed by atoms with Gasteiger partial charge in [0.05, 0.1) is 11.8 Å². The van der Waals surface area contributed by atoms with Gasteiger partial charge in [-0.1, -0.05) is 64.6 Å². The standard InChI is InChI=1S/C22H43N3O3Si2/c1-9-13-20(24-22(26)28-19(5)30(10-2,11-3)12-4)21-23-14-15-25(21)18-27-16-17-29(6,7)8/h9,14-15,19-20H,1,10-13,16-18H2,2-8H3,(H,24,26). The first-order chi connectivity index (χ1) is 14.1. The fourth-order valence-electron chi connectivity index (χ4n) is 3.75. The molecule has 6 nitrogen and oxygen atoms in total. The maximum atomic E-state index is 12.7. The Balaban J connectivity index is 2.78. The Morgan fingerprint density at radius 3 is 2.43 bits per heavy atom. The summed E-state index contributed by atoms with van der Waals surface area (Å²) in [6, 6.07) is 4.17. The van der Waals surface area contributed by atoms with Gasteiger partial charge in [-0.15, -0.1) is 6.58 Å². The Labute approximate surface area is 185 Å². The highest BCUT2D eigenvalue weighted by Gasteiger charge is 2.36. The molecular formula is C22H43N3O3Si2. The molecule has 1 rings (SSSR count). The largest absolute Gasteiger partial charge is 0.450 e. The third-order valence-electron chi connectivity index (χ3n) is 6.24. The third-order valence-corrected chi connectivity index (χ3v) is 14.0. The van der Waals surface area contributed by atoms with Crippen molar-refractivity contribution in [1.82, 2.24) is 14.9 Å². The van der Waals surface area contributed by atoms with Crippen molar-refractivity contribution in [1.29, 1.82) is 0 Å². The fraction of sp³-hybridized carbons (Fsp3) is 0.727. The van der Waals surface area contributed by atoms with Crippen molar-refractivity contribution >= 4 is 22.2 Å². The normalized spacial score (nSPS) is 14.2. The number of nitrogens with one attached hydrogen (secondary N) is 1. The Morgan fingerprint density at radius 1 is 1.27 bits per heavy atom. The van der Waals surface area contributed by atoms with Gasteiger partial charge in [-0.2, -0.15) is 0 Å². The number of hydrogen-bond donors (Lipinski definition) is 1. The molecule has 0 fully saturated rings. The van der Waals surface area contributed by atoms with Crippen molar-refractivity contribution in [3.63, 3.8) is 0 Å². The maximum absolute atomic E-state index is 12.7. The molecule has 1 aromatic rings. The lowest BCUT2D eigenvalue weighted by Gasteiger charge is -2.34. The van der Waals surface area contributed by atoms with E-state index in [1.807, 2.05) is 10.8 Å². The minimum absolute atomic E-state index is 0.0217. The quantitative estimate of drug-likeness (QED) is 0.214. The molecule has 1 aromatic heterocycles. The van der Waals surface area contributed by atoms with Crippen LogP contribution in [-0.2, 0) is 16.2 Å². The molecule has 1 N–H and O–H groups in total. The second kappa shape index (κ2) is 12.5. The Kier molecular flexibility index (Phi) is 11.1. The first kappa shape index (κ1) is 26.6. The lowest BCUT2D eigenvalue weighted by molar-refractivity contribution is 0.0831. The highest BCUT2D eigenvalue weighted by Crippen LogP contribution is 2.26. The van der Waals surface area contributed by atoms with Gasteiger partial charge in [0, 0.05) is 27.1 Å². The molecule has 0 aliphatic rings. The van der Waals surface area contributed by atoms with Crippen LogP contribution in [-0.4, -0.2) is 44.1 Å². The molecule has 0 aliphatic carbocycles. The van der Waals surface area contributed by atoms with Crippen LogP contribution in [0, 0.1) is 0 Å². The average molecular weight is 454 g/mol. The van der Waals surface area contributed by atoms with Crippen molar-refractivity contribution in [2.45, 2.75) is 96.4 Å². The third kappa shape index (κ3) is 8.04. The monoisotopic (exact) mass is 453 g/mol. The summed E-state index contributed by atoms with van der Waals surface area (Å²) in [5.74, 6) is 0.762. The molecule has 0 spiro atoms. The van der Waals surface area contributed by atoms with Crippen molar-refractivity contribution in [2.24, 2.45) is 0 Å². The molecular weight excluding hydrogens is 410 g/mol. The zero-order valence-corrected chi connectivity index (χ0v) is 22.2. The van der Waals surface area contributed by atoms with E-state index in [0.717, 1.165) is 36.6 Å². The van der Waals surface area contributed by atoms with E-state index in [-0.39, 0.29) is 17.9 Å². The van der Waals surface area contributed by atoms with Crippen LogP contribution >= 0.6 is 0 Å². The second-order valence-electron chi connectivity index (χ2n) is 9.30. The van der Waals surface area contributed by atoms with Gasteiger partial charge in [-0.3, -0.25) is 0 Å². The molecule has 172 valence electrons. The predicted molar refractivity (Wildman–Crippen MR) is 130 cm³/mol. The molecule has 1 heterocycles. The number of hydrogen-bond acceptors (Lipinski definition) is 4. The smallest absolute Gasteiger partial charge is 0.407 e. The Hall–Kier alpha value is -1.39. The first-order valence-corrected chi connectivity index (χ1v) is 17.7. The summed E-state index contributed by atoms with van der Waals surface area (Å²) in [6.45, 7) is 20.7. The molecule has 30 heavy (non-hydrogen) atoms. The van der Waals surface area contributed by atoms with Gasteiger partial charge >= 0.3 is 6.09 Å². The SMILES string of the molecule is C=CCC(NC(=O)OC(C)[Si](CC)(CC)CC)c1nccn1COCC[Si](C)(C)C. The van der Waals surface area contributed by atoms with Crippen LogP contribution in [0.4, 0.5) is 4.79 Å². The molecule has 0 aromatic carbocycles. The lowest BCUT2D eigenvalue weighted by atomic mass is 10.2. The zero-order valence-electron chi connectivity index (χ0n) is 20.2. The number of aromatic nitrogens is 2. The lowest BCUT2D eigenvalue weighted by Crippen LogP contribution is -2.48. The Morgan fingerprint density at radius 2 is 1.90 bits per heavy atom. The van der Waals surface area contributed by atoms with Crippen molar-refractivity contribution in [2.75, 3.05) is 6.61 Å². The summed E-state index contributed by atoms with van der Waals surface area (Å²) < 4.78 is 13.7. The van der Waals surface area contributed by atoms with Crippen molar-refractivity contribution in [3.05, 3.63) is 30.9 Å². The van der Waals surface area contributed by atoms with E-state index in [1.165, 1.54) is 0 Å². The van der Waals surface area contributed by atoms with Gasteiger partial charge in [0.15, 0.2) is 0 Å². The van der Waals surface area contributed by atoms with Gasteiger partial charge in [0.25, 0.3) is 0 Å². The van der Waals surface area contributed by atoms with E-state index in [1.54, 1.807) is 12.3 Å². The highest BCUT2D eigenvalue weighted by atomic mass is 28.3. The maximum Gasteiger partial charge on any atom is 0.407 e. The number of ether oxygens (including phenoxy) is 2. The number of nitrogens with zero attached hydrogens (tertiary/aromatic N) is 2. The van der Waals surface area contributed by atoms with Crippen LogP contribution in [0.5, 0.6) is 0 Å². The zero-order chi connectivity index (χ0) is 22.8. The number of carbonyl (C=O) groups is 1. The second-order valence-corrected chi connectivity index (χ2v) is 20.6. The predicted octanol–water partition coefficient (Wildman–Crippen LogP) is 5.98. The van der Waals surface area contributed by atoms with E-state index in [4.69, 9.17) is 9.47 Å². The Bertz CT molecular complexity index is 646. The van der Waals surface area contributed by atoms with Gasteiger partial charge < -0.3 is 19.4 Å². The molecule has 0 radical (unpaired) electrons. The van der Waals surface area contributed by atoms with E-state index in [2.05, 4.69) is 64.2 Å². The molecule has 0 saturated carbocycles. The minimum Gasteiger partial charge on any atom is -0.450 e. The van der Waals surface area contributed by atoms with E-state index in [0.29, 0.717) is 13.2 Å². The summed E-state index contributed by atoms with van der Waals surface area (Å²) in [7, 11) is -2.73. The van der Waals surface area contributed by atoms with E-state index in [9.17, 15) is 4.79 Å². The summed E-state index contributed by atoms with van der Waals surface area (Å²) in [6.07, 6.45) is 5.62. The van der Waals surface area contributed by atoms with Crippen LogP contribution in [0.2, 0.25) is 43.8 Å². The number of alkyl carbamates (subject to hydrolysis) is 1. The van der Waals surface area contributed by atoms with E-state index >= 15 is 0 Å². The van der Waals surface area contributed by atoms with Gasteiger partial charge in [0.1, 0.15) is 20.6 Å².